The largest absolute Gasteiger partial charge is 0.393 e. The van der Waals surface area contributed by atoms with Crippen molar-refractivity contribution < 1.29 is 9.84 Å². The Bertz CT molecular complexity index is 113. The van der Waals surface area contributed by atoms with Crippen molar-refractivity contribution in [1.29, 1.82) is 0 Å². The third-order valence-electron chi connectivity index (χ3n) is 2.36. The van der Waals surface area contributed by atoms with Gasteiger partial charge in [0.2, 0.25) is 0 Å². The van der Waals surface area contributed by atoms with Crippen LogP contribution in [0.25, 0.3) is 0 Å². The molecule has 1 saturated heterocycles. The molecule has 0 bridgehead atoms. The van der Waals surface area contributed by atoms with Gasteiger partial charge in [0.15, 0.2) is 0 Å². The smallest absolute Gasteiger partial charge is 0.0593 e. The molecule has 2 heteroatoms. The van der Waals surface area contributed by atoms with Gasteiger partial charge in [-0.15, -0.1) is 0 Å². The molecule has 1 heterocycles. The molecule has 0 aromatic rings. The van der Waals surface area contributed by atoms with E-state index in [1.165, 1.54) is 6.42 Å². The average Bonchev–Trinajstić information content (AvgIpc) is 2.55. The fourth-order valence-electron chi connectivity index (χ4n) is 1.59. The first kappa shape index (κ1) is 5.69. The topological polar surface area (TPSA) is 29.5 Å². The minimum absolute atomic E-state index is 0.0579. The van der Waals surface area contributed by atoms with E-state index < -0.39 is 0 Å². The van der Waals surface area contributed by atoms with Crippen LogP contribution in [0.15, 0.2) is 0 Å². The SMILES string of the molecule is O[C@@H]1CCOC[C@@H]2C[C@@H]21. The van der Waals surface area contributed by atoms with Gasteiger partial charge in [-0.2, -0.15) is 0 Å². The van der Waals surface area contributed by atoms with Gasteiger partial charge in [0.05, 0.1) is 6.10 Å². The maximum atomic E-state index is 9.32. The molecule has 0 spiro atoms. The van der Waals surface area contributed by atoms with E-state index in [4.69, 9.17) is 4.74 Å². The Kier molecular flexibility index (Phi) is 1.24. The second-order valence-electron chi connectivity index (χ2n) is 3.09. The molecule has 1 N–H and O–H groups in total. The van der Waals surface area contributed by atoms with Crippen molar-refractivity contribution in [3.63, 3.8) is 0 Å². The highest BCUT2D eigenvalue weighted by molar-refractivity contribution is 4.92. The number of hydrogen-bond acceptors (Lipinski definition) is 2. The third kappa shape index (κ3) is 0.970. The van der Waals surface area contributed by atoms with Crippen LogP contribution in [0.4, 0.5) is 0 Å². The summed E-state index contributed by atoms with van der Waals surface area (Å²) < 4.78 is 5.26. The van der Waals surface area contributed by atoms with Crippen molar-refractivity contribution in [2.24, 2.45) is 11.8 Å². The summed E-state index contributed by atoms with van der Waals surface area (Å²) in [4.78, 5) is 0. The lowest BCUT2D eigenvalue weighted by molar-refractivity contribution is 0.0990. The van der Waals surface area contributed by atoms with E-state index in [1.807, 2.05) is 0 Å². The molecule has 2 aliphatic rings. The Hall–Kier alpha value is -0.0800. The zero-order chi connectivity index (χ0) is 6.27. The monoisotopic (exact) mass is 128 g/mol. The van der Waals surface area contributed by atoms with Crippen molar-refractivity contribution in [3.8, 4) is 0 Å². The molecule has 0 aromatic heterocycles. The summed E-state index contributed by atoms with van der Waals surface area (Å²) in [7, 11) is 0. The summed E-state index contributed by atoms with van der Waals surface area (Å²) in [6, 6.07) is 0. The van der Waals surface area contributed by atoms with Crippen molar-refractivity contribution in [3.05, 3.63) is 0 Å². The molecule has 2 nitrogen and oxygen atoms in total. The lowest BCUT2D eigenvalue weighted by Crippen LogP contribution is -2.10. The minimum atomic E-state index is -0.0579. The molecule has 1 saturated carbocycles. The lowest BCUT2D eigenvalue weighted by atomic mass is 10.1. The van der Waals surface area contributed by atoms with Crippen LogP contribution < -0.4 is 0 Å². The van der Waals surface area contributed by atoms with Crippen molar-refractivity contribution in [2.75, 3.05) is 13.2 Å². The summed E-state index contributed by atoms with van der Waals surface area (Å²) in [6.07, 6.45) is 1.99. The number of ether oxygens (including phenoxy) is 1. The standard InChI is InChI=1S/C7H12O2/c8-7-1-2-9-4-5-3-6(5)7/h5-8H,1-4H2/t5-,6-,7+/m0/s1. The van der Waals surface area contributed by atoms with E-state index in [9.17, 15) is 5.11 Å². The van der Waals surface area contributed by atoms with Gasteiger partial charge in [-0.25, -0.2) is 0 Å². The Balaban J connectivity index is 1.96. The van der Waals surface area contributed by atoms with Crippen LogP contribution in [-0.2, 0) is 4.74 Å². The van der Waals surface area contributed by atoms with E-state index in [0.717, 1.165) is 19.6 Å². The molecule has 1 aliphatic heterocycles. The molecule has 52 valence electrons. The van der Waals surface area contributed by atoms with Gasteiger partial charge >= 0.3 is 0 Å². The van der Waals surface area contributed by atoms with E-state index in [-0.39, 0.29) is 6.10 Å². The Morgan fingerprint density at radius 3 is 3.22 bits per heavy atom. The second kappa shape index (κ2) is 1.96. The number of fused-ring (bicyclic) bond motifs is 1. The van der Waals surface area contributed by atoms with Gasteiger partial charge in [-0.3, -0.25) is 0 Å². The lowest BCUT2D eigenvalue weighted by Gasteiger charge is -2.03. The highest BCUT2D eigenvalue weighted by Crippen LogP contribution is 2.43. The molecule has 2 rings (SSSR count). The maximum absolute atomic E-state index is 9.32. The molecule has 0 amide bonds. The molecule has 2 fully saturated rings. The molecule has 0 aromatic carbocycles. The van der Waals surface area contributed by atoms with Gasteiger partial charge in [0.25, 0.3) is 0 Å². The second-order valence-corrected chi connectivity index (χ2v) is 3.09. The highest BCUT2D eigenvalue weighted by Gasteiger charge is 2.43. The van der Waals surface area contributed by atoms with Crippen LogP contribution in [0.2, 0.25) is 0 Å². The molecular weight excluding hydrogens is 116 g/mol. The number of rotatable bonds is 0. The van der Waals surface area contributed by atoms with Gasteiger partial charge in [0.1, 0.15) is 0 Å². The molecular formula is C7H12O2. The summed E-state index contributed by atoms with van der Waals surface area (Å²) in [5.41, 5.74) is 0. The first-order chi connectivity index (χ1) is 4.38. The van der Waals surface area contributed by atoms with E-state index in [2.05, 4.69) is 0 Å². The maximum Gasteiger partial charge on any atom is 0.0593 e. The quantitative estimate of drug-likeness (QED) is 0.512. The van der Waals surface area contributed by atoms with E-state index >= 15 is 0 Å². The van der Waals surface area contributed by atoms with Gasteiger partial charge in [0, 0.05) is 13.2 Å². The number of aliphatic hydroxyl groups excluding tert-OH is 1. The first-order valence-corrected chi connectivity index (χ1v) is 3.64. The first-order valence-electron chi connectivity index (χ1n) is 3.64. The summed E-state index contributed by atoms with van der Waals surface area (Å²) >= 11 is 0. The number of hydrogen-bond donors (Lipinski definition) is 1. The van der Waals surface area contributed by atoms with Crippen LogP contribution >= 0.6 is 0 Å². The molecule has 0 radical (unpaired) electrons. The fourth-order valence-corrected chi connectivity index (χ4v) is 1.59. The zero-order valence-electron chi connectivity index (χ0n) is 5.42. The molecule has 9 heavy (non-hydrogen) atoms. The van der Waals surface area contributed by atoms with Crippen LogP contribution in [0.5, 0.6) is 0 Å². The minimum Gasteiger partial charge on any atom is -0.393 e. The molecule has 1 aliphatic carbocycles. The van der Waals surface area contributed by atoms with Crippen molar-refractivity contribution >= 4 is 0 Å². The van der Waals surface area contributed by atoms with E-state index in [0.29, 0.717) is 11.8 Å². The predicted molar refractivity (Wildman–Crippen MR) is 33.0 cm³/mol. The summed E-state index contributed by atoms with van der Waals surface area (Å²) in [5, 5.41) is 9.32. The van der Waals surface area contributed by atoms with Crippen LogP contribution in [0.3, 0.4) is 0 Å². The Morgan fingerprint density at radius 2 is 2.33 bits per heavy atom. The van der Waals surface area contributed by atoms with Gasteiger partial charge in [-0.1, -0.05) is 0 Å². The van der Waals surface area contributed by atoms with E-state index in [1.54, 1.807) is 0 Å². The predicted octanol–water partition coefficient (Wildman–Crippen LogP) is 0.404. The summed E-state index contributed by atoms with van der Waals surface area (Å²) in [5.74, 6) is 1.29. The number of aliphatic hydroxyl groups is 1. The van der Waals surface area contributed by atoms with Gasteiger partial charge in [-0.05, 0) is 24.7 Å². The van der Waals surface area contributed by atoms with Crippen molar-refractivity contribution in [2.45, 2.75) is 18.9 Å². The normalized spacial score (nSPS) is 49.7. The summed E-state index contributed by atoms with van der Waals surface area (Å²) in [6.45, 7) is 1.65. The fraction of sp³-hybridized carbons (Fsp3) is 1.00. The third-order valence-corrected chi connectivity index (χ3v) is 2.36. The Morgan fingerprint density at radius 1 is 1.44 bits per heavy atom. The average molecular weight is 128 g/mol. The zero-order valence-corrected chi connectivity index (χ0v) is 5.42. The molecule has 3 atom stereocenters. The van der Waals surface area contributed by atoms with Crippen LogP contribution in [0.1, 0.15) is 12.8 Å². The van der Waals surface area contributed by atoms with Gasteiger partial charge < -0.3 is 9.84 Å². The van der Waals surface area contributed by atoms with Crippen molar-refractivity contribution in [1.82, 2.24) is 0 Å². The van der Waals surface area contributed by atoms with Crippen LogP contribution in [-0.4, -0.2) is 24.4 Å². The Labute approximate surface area is 54.8 Å². The highest BCUT2D eigenvalue weighted by atomic mass is 16.5. The molecule has 0 unspecified atom stereocenters. The van der Waals surface area contributed by atoms with Crippen LogP contribution in [0, 0.1) is 11.8 Å².